The van der Waals surface area contributed by atoms with Crippen LogP contribution in [-0.2, 0) is 0 Å². The first-order chi connectivity index (χ1) is 12.0. The van der Waals surface area contributed by atoms with E-state index in [9.17, 15) is 13.6 Å². The lowest BCUT2D eigenvalue weighted by molar-refractivity contribution is 0.102. The summed E-state index contributed by atoms with van der Waals surface area (Å²) in [5.41, 5.74) is 0.562. The van der Waals surface area contributed by atoms with Gasteiger partial charge >= 0.3 is 0 Å². The van der Waals surface area contributed by atoms with Gasteiger partial charge in [-0.25, -0.2) is 13.8 Å². The van der Waals surface area contributed by atoms with Gasteiger partial charge in [-0.1, -0.05) is 11.6 Å². The predicted molar refractivity (Wildman–Crippen MR) is 90.1 cm³/mol. The molecule has 7 heteroatoms. The second-order valence-electron chi connectivity index (χ2n) is 5.02. The molecule has 3 aromatic rings. The SMILES string of the molecule is O=C(Nc1ccc(Oc2ccc(F)cc2)nc1)c1ccc(F)cc1Cl. The first-order valence-electron chi connectivity index (χ1n) is 7.17. The standard InChI is InChI=1S/C18H11ClF2N2O2/c19-16-9-12(21)3-7-15(16)18(24)23-13-4-8-17(22-10-13)25-14-5-1-11(20)2-6-14/h1-10H,(H,23,24). The third-order valence-corrected chi connectivity index (χ3v) is 3.52. The lowest BCUT2D eigenvalue weighted by atomic mass is 10.2. The maximum Gasteiger partial charge on any atom is 0.257 e. The number of ether oxygens (including phenoxy) is 1. The molecule has 126 valence electrons. The Morgan fingerprint density at radius 3 is 2.36 bits per heavy atom. The van der Waals surface area contributed by atoms with Crippen LogP contribution in [0.5, 0.6) is 11.6 Å². The molecular formula is C18H11ClF2N2O2. The number of halogens is 3. The van der Waals surface area contributed by atoms with E-state index in [1.54, 1.807) is 12.1 Å². The number of carbonyl (C=O) groups excluding carboxylic acids is 1. The zero-order valence-electron chi connectivity index (χ0n) is 12.7. The largest absolute Gasteiger partial charge is 0.439 e. The molecule has 0 atom stereocenters. The molecule has 1 amide bonds. The number of nitrogens with zero attached hydrogens (tertiary/aromatic N) is 1. The molecule has 0 radical (unpaired) electrons. The van der Waals surface area contributed by atoms with E-state index in [4.69, 9.17) is 16.3 Å². The first-order valence-corrected chi connectivity index (χ1v) is 7.55. The minimum Gasteiger partial charge on any atom is -0.439 e. The molecule has 0 bridgehead atoms. The van der Waals surface area contributed by atoms with Crippen molar-refractivity contribution in [2.45, 2.75) is 0 Å². The minimum atomic E-state index is -0.523. The number of pyridine rings is 1. The van der Waals surface area contributed by atoms with Crippen LogP contribution in [0.4, 0.5) is 14.5 Å². The molecule has 1 heterocycles. The van der Waals surface area contributed by atoms with Gasteiger partial charge in [0.2, 0.25) is 5.88 Å². The molecule has 2 aromatic carbocycles. The highest BCUT2D eigenvalue weighted by Gasteiger charge is 2.11. The third kappa shape index (κ3) is 4.30. The molecular weight excluding hydrogens is 350 g/mol. The van der Waals surface area contributed by atoms with Gasteiger partial charge in [0, 0.05) is 6.07 Å². The van der Waals surface area contributed by atoms with Crippen LogP contribution >= 0.6 is 11.6 Å². The number of nitrogens with one attached hydrogen (secondary N) is 1. The highest BCUT2D eigenvalue weighted by molar-refractivity contribution is 6.34. The van der Waals surface area contributed by atoms with Crippen molar-refractivity contribution in [2.75, 3.05) is 5.32 Å². The summed E-state index contributed by atoms with van der Waals surface area (Å²) in [7, 11) is 0. The Hall–Kier alpha value is -2.99. The average molecular weight is 361 g/mol. The summed E-state index contributed by atoms with van der Waals surface area (Å²) in [5, 5.41) is 2.62. The summed E-state index contributed by atoms with van der Waals surface area (Å²) in [5.74, 6) is -0.657. The van der Waals surface area contributed by atoms with Crippen molar-refractivity contribution in [2.24, 2.45) is 0 Å². The monoisotopic (exact) mass is 360 g/mol. The number of rotatable bonds is 4. The summed E-state index contributed by atoms with van der Waals surface area (Å²) in [6, 6.07) is 12.1. The second-order valence-corrected chi connectivity index (χ2v) is 5.43. The lowest BCUT2D eigenvalue weighted by Gasteiger charge is -2.08. The Morgan fingerprint density at radius 2 is 1.72 bits per heavy atom. The van der Waals surface area contributed by atoms with E-state index in [1.807, 2.05) is 0 Å². The van der Waals surface area contributed by atoms with Gasteiger partial charge in [0.15, 0.2) is 0 Å². The minimum absolute atomic E-state index is 0.0155. The van der Waals surface area contributed by atoms with E-state index in [-0.39, 0.29) is 22.3 Å². The number of carbonyl (C=O) groups is 1. The fourth-order valence-electron chi connectivity index (χ4n) is 2.01. The maximum atomic E-state index is 13.0. The van der Waals surface area contributed by atoms with Crippen molar-refractivity contribution in [3.8, 4) is 11.6 Å². The lowest BCUT2D eigenvalue weighted by Crippen LogP contribution is -2.12. The average Bonchev–Trinajstić information content (AvgIpc) is 2.58. The highest BCUT2D eigenvalue weighted by atomic mass is 35.5. The van der Waals surface area contributed by atoms with Crippen molar-refractivity contribution >= 4 is 23.2 Å². The summed E-state index contributed by atoms with van der Waals surface area (Å²) in [4.78, 5) is 16.2. The van der Waals surface area contributed by atoms with E-state index in [0.29, 0.717) is 11.4 Å². The number of aromatic nitrogens is 1. The predicted octanol–water partition coefficient (Wildman–Crippen LogP) is 5.06. The Balaban J connectivity index is 1.67. The quantitative estimate of drug-likeness (QED) is 0.707. The van der Waals surface area contributed by atoms with Gasteiger partial charge in [0.1, 0.15) is 17.4 Å². The van der Waals surface area contributed by atoms with Crippen LogP contribution in [0.2, 0.25) is 5.02 Å². The van der Waals surface area contributed by atoms with Gasteiger partial charge in [-0.05, 0) is 48.5 Å². The van der Waals surface area contributed by atoms with Crippen LogP contribution in [0.15, 0.2) is 60.8 Å². The fourth-order valence-corrected chi connectivity index (χ4v) is 2.26. The molecule has 0 fully saturated rings. The molecule has 0 saturated heterocycles. The highest BCUT2D eigenvalue weighted by Crippen LogP contribution is 2.22. The molecule has 1 aromatic heterocycles. The van der Waals surface area contributed by atoms with Crippen molar-refractivity contribution in [3.05, 3.63) is 83.0 Å². The van der Waals surface area contributed by atoms with Crippen LogP contribution in [0.1, 0.15) is 10.4 Å². The molecule has 0 unspecified atom stereocenters. The van der Waals surface area contributed by atoms with E-state index in [0.717, 1.165) is 12.1 Å². The van der Waals surface area contributed by atoms with Crippen molar-refractivity contribution in [3.63, 3.8) is 0 Å². The molecule has 0 aliphatic heterocycles. The Labute approximate surface area is 147 Å². The molecule has 0 aliphatic carbocycles. The maximum absolute atomic E-state index is 13.0. The zero-order chi connectivity index (χ0) is 17.8. The van der Waals surface area contributed by atoms with Crippen molar-refractivity contribution in [1.82, 2.24) is 4.98 Å². The topological polar surface area (TPSA) is 51.2 Å². The van der Waals surface area contributed by atoms with E-state index < -0.39 is 11.7 Å². The number of benzene rings is 2. The van der Waals surface area contributed by atoms with Crippen molar-refractivity contribution in [1.29, 1.82) is 0 Å². The number of hydrogen-bond acceptors (Lipinski definition) is 3. The Bertz CT molecular complexity index is 900. The van der Waals surface area contributed by atoms with Gasteiger partial charge in [-0.3, -0.25) is 4.79 Å². The summed E-state index contributed by atoms with van der Waals surface area (Å²) < 4.78 is 31.3. The van der Waals surface area contributed by atoms with Gasteiger partial charge in [-0.2, -0.15) is 0 Å². The molecule has 1 N–H and O–H groups in total. The Morgan fingerprint density at radius 1 is 1.00 bits per heavy atom. The Kier molecular flexibility index (Phi) is 4.90. The molecule has 0 aliphatic rings. The number of anilines is 1. The van der Waals surface area contributed by atoms with Crippen LogP contribution in [-0.4, -0.2) is 10.9 Å². The molecule has 0 saturated carbocycles. The van der Waals surface area contributed by atoms with Gasteiger partial charge in [0.05, 0.1) is 22.5 Å². The summed E-state index contributed by atoms with van der Waals surface area (Å²) >= 11 is 5.85. The number of amides is 1. The third-order valence-electron chi connectivity index (χ3n) is 3.21. The fraction of sp³-hybridized carbons (Fsp3) is 0. The van der Waals surface area contributed by atoms with Gasteiger partial charge in [-0.15, -0.1) is 0 Å². The summed E-state index contributed by atoms with van der Waals surface area (Å²) in [6.45, 7) is 0. The molecule has 4 nitrogen and oxygen atoms in total. The van der Waals surface area contributed by atoms with Crippen LogP contribution in [0, 0.1) is 11.6 Å². The van der Waals surface area contributed by atoms with Crippen molar-refractivity contribution < 1.29 is 18.3 Å². The van der Waals surface area contributed by atoms with E-state index in [1.165, 1.54) is 36.5 Å². The van der Waals surface area contributed by atoms with Crippen LogP contribution < -0.4 is 10.1 Å². The van der Waals surface area contributed by atoms with Crippen LogP contribution in [0.3, 0.4) is 0 Å². The molecule has 25 heavy (non-hydrogen) atoms. The molecule has 3 rings (SSSR count). The summed E-state index contributed by atoms with van der Waals surface area (Å²) in [6.07, 6.45) is 1.40. The van der Waals surface area contributed by atoms with Gasteiger partial charge < -0.3 is 10.1 Å². The normalized spacial score (nSPS) is 10.4. The van der Waals surface area contributed by atoms with Gasteiger partial charge in [0.25, 0.3) is 5.91 Å². The second kappa shape index (κ2) is 7.27. The smallest absolute Gasteiger partial charge is 0.257 e. The van der Waals surface area contributed by atoms with E-state index >= 15 is 0 Å². The van der Waals surface area contributed by atoms with E-state index in [2.05, 4.69) is 10.3 Å². The van der Waals surface area contributed by atoms with Crippen LogP contribution in [0.25, 0.3) is 0 Å². The number of hydrogen-bond donors (Lipinski definition) is 1. The first kappa shape index (κ1) is 16.9. The zero-order valence-corrected chi connectivity index (χ0v) is 13.4. The molecule has 0 spiro atoms.